The Kier molecular flexibility index (Phi) is 3.11. The molecule has 1 aromatic rings. The summed E-state index contributed by atoms with van der Waals surface area (Å²) in [4.78, 5) is 0. The smallest absolute Gasteiger partial charge is 0.130 e. The minimum Gasteiger partial charge on any atom is -0.508 e. The fourth-order valence-electron chi connectivity index (χ4n) is 1.38. The number of aromatic hydroxyl groups is 1. The number of nitrogens with two attached hydrogens (primary N) is 2. The highest BCUT2D eigenvalue weighted by molar-refractivity contribution is 5.39. The van der Waals surface area contributed by atoms with E-state index >= 15 is 0 Å². The molecule has 86 valence electrons. The zero-order valence-electron chi connectivity index (χ0n) is 8.54. The van der Waals surface area contributed by atoms with Gasteiger partial charge in [0.2, 0.25) is 0 Å². The standard InChI is InChI=1S/C9H14N6O/c10-8-7(9(11)15-14-8)13-12-5-1-3-6(16)4-2-5/h1-4,7-9,14-16H,10-11H2. The number of phenolic OH excluding ortho intramolecular Hbond substituents is 1. The molecule has 16 heavy (non-hydrogen) atoms. The van der Waals surface area contributed by atoms with Gasteiger partial charge in [-0.15, -0.1) is 0 Å². The summed E-state index contributed by atoms with van der Waals surface area (Å²) in [5.41, 5.74) is 17.6. The molecule has 7 nitrogen and oxygen atoms in total. The normalized spacial score (nSPS) is 30.0. The Morgan fingerprint density at radius 2 is 1.62 bits per heavy atom. The van der Waals surface area contributed by atoms with Crippen LogP contribution in [0, 0.1) is 0 Å². The van der Waals surface area contributed by atoms with Crippen LogP contribution < -0.4 is 22.3 Å². The zero-order chi connectivity index (χ0) is 11.5. The van der Waals surface area contributed by atoms with E-state index in [-0.39, 0.29) is 24.1 Å². The summed E-state index contributed by atoms with van der Waals surface area (Å²) < 4.78 is 0. The Bertz CT molecular complexity index is 368. The van der Waals surface area contributed by atoms with Crippen LogP contribution >= 0.6 is 0 Å². The molecule has 7 N–H and O–H groups in total. The molecule has 0 amide bonds. The largest absolute Gasteiger partial charge is 0.508 e. The summed E-state index contributed by atoms with van der Waals surface area (Å²) in [6.07, 6.45) is -0.702. The van der Waals surface area contributed by atoms with Crippen LogP contribution in [-0.2, 0) is 0 Å². The summed E-state index contributed by atoms with van der Waals surface area (Å²) in [5, 5.41) is 17.1. The SMILES string of the molecule is NC1NNC(N)C1N=Nc1ccc(O)cc1. The molecule has 7 heteroatoms. The Morgan fingerprint density at radius 3 is 2.19 bits per heavy atom. The minimum atomic E-state index is -0.351. The molecule has 2 unspecified atom stereocenters. The summed E-state index contributed by atoms with van der Waals surface area (Å²) in [6, 6.07) is 6.09. The van der Waals surface area contributed by atoms with Crippen LogP contribution in [0.5, 0.6) is 5.75 Å². The average Bonchev–Trinajstić information content (AvgIpc) is 2.59. The van der Waals surface area contributed by atoms with Gasteiger partial charge in [0.15, 0.2) is 0 Å². The molecule has 2 rings (SSSR count). The number of hydrogen-bond acceptors (Lipinski definition) is 7. The maximum absolute atomic E-state index is 9.09. The Balaban J connectivity index is 2.06. The predicted octanol–water partition coefficient (Wildman–Crippen LogP) is -0.478. The van der Waals surface area contributed by atoms with E-state index in [2.05, 4.69) is 21.1 Å². The van der Waals surface area contributed by atoms with E-state index in [0.717, 1.165) is 0 Å². The number of nitrogens with zero attached hydrogens (tertiary/aromatic N) is 2. The lowest BCUT2D eigenvalue weighted by Gasteiger charge is -2.10. The van der Waals surface area contributed by atoms with Crippen molar-refractivity contribution >= 4 is 5.69 Å². The Labute approximate surface area is 92.5 Å². The number of azo groups is 1. The Hall–Kier alpha value is -1.54. The summed E-state index contributed by atoms with van der Waals surface area (Å²) in [7, 11) is 0. The molecule has 1 aliphatic rings. The van der Waals surface area contributed by atoms with E-state index < -0.39 is 0 Å². The van der Waals surface area contributed by atoms with E-state index in [0.29, 0.717) is 5.69 Å². The van der Waals surface area contributed by atoms with Crippen molar-refractivity contribution in [2.45, 2.75) is 18.4 Å². The van der Waals surface area contributed by atoms with E-state index in [9.17, 15) is 0 Å². The average molecular weight is 222 g/mol. The third-order valence-electron chi connectivity index (χ3n) is 2.31. The molecule has 0 aliphatic carbocycles. The second-order valence-electron chi connectivity index (χ2n) is 3.56. The molecule has 1 aliphatic heterocycles. The minimum absolute atomic E-state index is 0.191. The van der Waals surface area contributed by atoms with Crippen molar-refractivity contribution in [2.75, 3.05) is 0 Å². The first-order valence-corrected chi connectivity index (χ1v) is 4.89. The first kappa shape index (κ1) is 11.0. The second-order valence-corrected chi connectivity index (χ2v) is 3.56. The van der Waals surface area contributed by atoms with Gasteiger partial charge < -0.3 is 16.6 Å². The van der Waals surface area contributed by atoms with Crippen LogP contribution in [0.3, 0.4) is 0 Å². The van der Waals surface area contributed by atoms with Crippen molar-refractivity contribution in [1.82, 2.24) is 10.9 Å². The lowest BCUT2D eigenvalue weighted by molar-refractivity contribution is 0.475. The summed E-state index contributed by atoms with van der Waals surface area (Å²) >= 11 is 0. The van der Waals surface area contributed by atoms with Gasteiger partial charge in [-0.2, -0.15) is 10.2 Å². The number of rotatable bonds is 2. The topological polar surface area (TPSA) is 121 Å². The highest BCUT2D eigenvalue weighted by Gasteiger charge is 2.30. The fourth-order valence-corrected chi connectivity index (χ4v) is 1.38. The van der Waals surface area contributed by atoms with E-state index in [1.165, 1.54) is 0 Å². The van der Waals surface area contributed by atoms with E-state index in [1.807, 2.05) is 0 Å². The number of benzene rings is 1. The van der Waals surface area contributed by atoms with Gasteiger partial charge in [0, 0.05) is 0 Å². The van der Waals surface area contributed by atoms with Gasteiger partial charge in [-0.1, -0.05) is 0 Å². The third-order valence-corrected chi connectivity index (χ3v) is 2.31. The second kappa shape index (κ2) is 4.54. The molecule has 2 atom stereocenters. The maximum atomic E-state index is 9.09. The molecule has 0 bridgehead atoms. The van der Waals surface area contributed by atoms with Crippen molar-refractivity contribution in [3.63, 3.8) is 0 Å². The maximum Gasteiger partial charge on any atom is 0.130 e. The molecule has 1 aromatic carbocycles. The van der Waals surface area contributed by atoms with E-state index in [1.54, 1.807) is 24.3 Å². The van der Waals surface area contributed by atoms with Gasteiger partial charge in [0.25, 0.3) is 0 Å². The predicted molar refractivity (Wildman–Crippen MR) is 58.6 cm³/mol. The van der Waals surface area contributed by atoms with Crippen LogP contribution in [0.4, 0.5) is 5.69 Å². The number of phenols is 1. The van der Waals surface area contributed by atoms with Crippen LogP contribution in [-0.4, -0.2) is 23.5 Å². The van der Waals surface area contributed by atoms with Crippen LogP contribution in [0.2, 0.25) is 0 Å². The fraction of sp³-hybridized carbons (Fsp3) is 0.333. The lowest BCUT2D eigenvalue weighted by atomic mass is 10.2. The zero-order valence-corrected chi connectivity index (χ0v) is 8.54. The molecule has 0 radical (unpaired) electrons. The first-order valence-electron chi connectivity index (χ1n) is 4.89. The van der Waals surface area contributed by atoms with Crippen molar-refractivity contribution in [3.8, 4) is 5.75 Å². The van der Waals surface area contributed by atoms with Gasteiger partial charge in [0.05, 0.1) is 18.0 Å². The summed E-state index contributed by atoms with van der Waals surface area (Å²) in [5.74, 6) is 0.191. The molecular formula is C9H14N6O. The molecular weight excluding hydrogens is 208 g/mol. The van der Waals surface area contributed by atoms with Gasteiger partial charge in [-0.25, -0.2) is 10.9 Å². The van der Waals surface area contributed by atoms with Crippen molar-refractivity contribution in [3.05, 3.63) is 24.3 Å². The monoisotopic (exact) mass is 222 g/mol. The summed E-state index contributed by atoms with van der Waals surface area (Å²) in [6.45, 7) is 0. The molecule has 1 heterocycles. The van der Waals surface area contributed by atoms with Crippen LogP contribution in [0.15, 0.2) is 34.5 Å². The van der Waals surface area contributed by atoms with Crippen LogP contribution in [0.25, 0.3) is 0 Å². The van der Waals surface area contributed by atoms with Gasteiger partial charge in [-0.05, 0) is 24.3 Å². The van der Waals surface area contributed by atoms with Gasteiger partial charge in [-0.3, -0.25) is 0 Å². The molecule has 1 saturated heterocycles. The number of nitrogens with one attached hydrogen (secondary N) is 2. The third kappa shape index (κ3) is 2.34. The Morgan fingerprint density at radius 1 is 1.06 bits per heavy atom. The molecule has 0 spiro atoms. The highest BCUT2D eigenvalue weighted by Crippen LogP contribution is 2.18. The molecule has 1 fully saturated rings. The first-order chi connectivity index (χ1) is 7.66. The highest BCUT2D eigenvalue weighted by atomic mass is 16.3. The molecule has 0 aromatic heterocycles. The van der Waals surface area contributed by atoms with Gasteiger partial charge >= 0.3 is 0 Å². The van der Waals surface area contributed by atoms with Crippen LogP contribution in [0.1, 0.15) is 0 Å². The van der Waals surface area contributed by atoms with E-state index in [4.69, 9.17) is 16.6 Å². The van der Waals surface area contributed by atoms with Crippen molar-refractivity contribution < 1.29 is 5.11 Å². The van der Waals surface area contributed by atoms with Crippen molar-refractivity contribution in [2.24, 2.45) is 21.7 Å². The number of hydrogen-bond donors (Lipinski definition) is 5. The quantitative estimate of drug-likeness (QED) is 0.433. The molecule has 0 saturated carbocycles. The van der Waals surface area contributed by atoms with Crippen molar-refractivity contribution in [1.29, 1.82) is 0 Å². The van der Waals surface area contributed by atoms with Gasteiger partial charge in [0.1, 0.15) is 11.8 Å². The lowest BCUT2D eigenvalue weighted by Crippen LogP contribution is -2.41. The number of hydrazine groups is 1.